The third-order valence-electron chi connectivity index (χ3n) is 4.38. The maximum atomic E-state index is 6.21. The fourth-order valence-electron chi connectivity index (χ4n) is 3.20. The van der Waals surface area contributed by atoms with Gasteiger partial charge in [-0.1, -0.05) is 36.4 Å². The Morgan fingerprint density at radius 1 is 1.14 bits per heavy atom. The Bertz CT molecular complexity index is 558. The highest BCUT2D eigenvalue weighted by molar-refractivity contribution is 5.16. The summed E-state index contributed by atoms with van der Waals surface area (Å²) >= 11 is 0. The average Bonchev–Trinajstić information content (AvgIpc) is 2.56. The van der Waals surface area contributed by atoms with Gasteiger partial charge in [0, 0.05) is 25.2 Å². The van der Waals surface area contributed by atoms with Gasteiger partial charge in [-0.3, -0.25) is 4.98 Å². The summed E-state index contributed by atoms with van der Waals surface area (Å²) in [6.07, 6.45) is 4.33. The van der Waals surface area contributed by atoms with Crippen LogP contribution in [0.5, 0.6) is 0 Å². The van der Waals surface area contributed by atoms with Gasteiger partial charge in [-0.25, -0.2) is 0 Å². The topological polar surface area (TPSA) is 25.4 Å². The number of aromatic nitrogens is 1. The molecule has 0 radical (unpaired) electrons. The summed E-state index contributed by atoms with van der Waals surface area (Å²) in [6, 6.07) is 16.7. The lowest BCUT2D eigenvalue weighted by Crippen LogP contribution is -2.43. The van der Waals surface area contributed by atoms with Crippen LogP contribution in [0.2, 0.25) is 0 Å². The smallest absolute Gasteiger partial charge is 0.0891 e. The van der Waals surface area contributed by atoms with Crippen molar-refractivity contribution in [3.63, 3.8) is 0 Å². The Morgan fingerprint density at radius 2 is 1.95 bits per heavy atom. The Kier molecular flexibility index (Phi) is 5.20. The predicted octanol–water partition coefficient (Wildman–Crippen LogP) is 3.16. The molecule has 0 aliphatic carbocycles. The molecule has 0 amide bonds. The number of rotatable bonds is 5. The molecule has 1 aromatic heterocycles. The number of benzene rings is 1. The molecule has 1 fully saturated rings. The van der Waals surface area contributed by atoms with E-state index in [0.717, 1.165) is 31.6 Å². The first kappa shape index (κ1) is 15.2. The van der Waals surface area contributed by atoms with Crippen molar-refractivity contribution in [3.05, 3.63) is 66.0 Å². The van der Waals surface area contributed by atoms with Gasteiger partial charge in [-0.15, -0.1) is 0 Å². The van der Waals surface area contributed by atoms with E-state index in [9.17, 15) is 0 Å². The van der Waals surface area contributed by atoms with Crippen molar-refractivity contribution in [1.29, 1.82) is 0 Å². The molecule has 0 spiro atoms. The average molecular weight is 296 g/mol. The van der Waals surface area contributed by atoms with Gasteiger partial charge in [0.1, 0.15) is 0 Å². The molecule has 22 heavy (non-hydrogen) atoms. The monoisotopic (exact) mass is 296 g/mol. The molecule has 1 aromatic carbocycles. The number of piperidine rings is 1. The molecule has 116 valence electrons. The molecular weight excluding hydrogens is 272 g/mol. The Morgan fingerprint density at radius 3 is 2.73 bits per heavy atom. The third kappa shape index (κ3) is 4.15. The van der Waals surface area contributed by atoms with Crippen molar-refractivity contribution in [2.45, 2.75) is 25.6 Å². The second-order valence-electron chi connectivity index (χ2n) is 6.17. The van der Waals surface area contributed by atoms with E-state index in [1.807, 2.05) is 24.4 Å². The first-order valence-electron chi connectivity index (χ1n) is 8.05. The van der Waals surface area contributed by atoms with E-state index in [0.29, 0.717) is 18.6 Å². The maximum absolute atomic E-state index is 6.21. The minimum absolute atomic E-state index is 0.318. The molecule has 0 N–H and O–H groups in total. The highest BCUT2D eigenvalue weighted by Crippen LogP contribution is 2.24. The number of hydrogen-bond donors (Lipinski definition) is 0. The molecule has 3 heteroatoms. The zero-order valence-corrected chi connectivity index (χ0v) is 13.2. The van der Waals surface area contributed by atoms with Gasteiger partial charge in [0.15, 0.2) is 0 Å². The standard InChI is InChI=1S/C19H24N2O/c1-21-12-10-19(22-15-18-9-5-6-11-20-18)17(14-21)13-16-7-3-2-4-8-16/h2-9,11,17,19H,10,12-15H2,1H3/t17-,19-/m0/s1. The Labute approximate surface area is 132 Å². The van der Waals surface area contributed by atoms with E-state index in [-0.39, 0.29) is 0 Å². The van der Waals surface area contributed by atoms with Gasteiger partial charge >= 0.3 is 0 Å². The van der Waals surface area contributed by atoms with E-state index in [4.69, 9.17) is 4.74 Å². The van der Waals surface area contributed by atoms with Gasteiger partial charge in [0.05, 0.1) is 18.4 Å². The van der Waals surface area contributed by atoms with Gasteiger partial charge in [-0.05, 0) is 37.6 Å². The summed E-state index contributed by atoms with van der Waals surface area (Å²) in [5.74, 6) is 0.546. The molecule has 1 aliphatic heterocycles. The lowest BCUT2D eigenvalue weighted by molar-refractivity contribution is -0.0384. The van der Waals surface area contributed by atoms with Crippen LogP contribution in [0, 0.1) is 5.92 Å². The molecule has 0 bridgehead atoms. The lowest BCUT2D eigenvalue weighted by atomic mass is 9.89. The molecule has 1 saturated heterocycles. The molecule has 2 atom stereocenters. The number of nitrogens with zero attached hydrogens (tertiary/aromatic N) is 2. The van der Waals surface area contributed by atoms with Crippen LogP contribution < -0.4 is 0 Å². The molecule has 1 aliphatic rings. The van der Waals surface area contributed by atoms with Gasteiger partial charge in [0.2, 0.25) is 0 Å². The highest BCUT2D eigenvalue weighted by atomic mass is 16.5. The van der Waals surface area contributed by atoms with Gasteiger partial charge in [0.25, 0.3) is 0 Å². The molecule has 0 unspecified atom stereocenters. The summed E-state index contributed by atoms with van der Waals surface area (Å²) in [5.41, 5.74) is 2.41. The molecule has 2 heterocycles. The van der Waals surface area contributed by atoms with Crippen molar-refractivity contribution in [2.75, 3.05) is 20.1 Å². The number of pyridine rings is 1. The summed E-state index contributed by atoms with van der Waals surface area (Å²) in [5, 5.41) is 0. The van der Waals surface area contributed by atoms with Crippen LogP contribution in [0.3, 0.4) is 0 Å². The van der Waals surface area contributed by atoms with Crippen molar-refractivity contribution >= 4 is 0 Å². The Hall–Kier alpha value is -1.71. The minimum atomic E-state index is 0.318. The van der Waals surface area contributed by atoms with Crippen LogP contribution in [-0.2, 0) is 17.8 Å². The zero-order chi connectivity index (χ0) is 15.2. The fourth-order valence-corrected chi connectivity index (χ4v) is 3.20. The number of ether oxygens (including phenoxy) is 1. The largest absolute Gasteiger partial charge is 0.372 e. The van der Waals surface area contributed by atoms with E-state index >= 15 is 0 Å². The summed E-state index contributed by atoms with van der Waals surface area (Å²) in [7, 11) is 2.20. The van der Waals surface area contributed by atoms with E-state index < -0.39 is 0 Å². The normalized spacial score (nSPS) is 22.6. The van der Waals surface area contributed by atoms with E-state index in [2.05, 4.69) is 47.3 Å². The maximum Gasteiger partial charge on any atom is 0.0891 e. The van der Waals surface area contributed by atoms with Gasteiger partial charge < -0.3 is 9.64 Å². The highest BCUT2D eigenvalue weighted by Gasteiger charge is 2.28. The summed E-state index contributed by atoms with van der Waals surface area (Å²) in [4.78, 5) is 6.76. The van der Waals surface area contributed by atoms with Gasteiger partial charge in [-0.2, -0.15) is 0 Å². The van der Waals surface area contributed by atoms with E-state index in [1.165, 1.54) is 5.56 Å². The van der Waals surface area contributed by atoms with Crippen LogP contribution in [0.4, 0.5) is 0 Å². The second-order valence-corrected chi connectivity index (χ2v) is 6.17. The van der Waals surface area contributed by atoms with Crippen molar-refractivity contribution in [2.24, 2.45) is 5.92 Å². The first-order chi connectivity index (χ1) is 10.8. The van der Waals surface area contributed by atoms with Crippen molar-refractivity contribution in [1.82, 2.24) is 9.88 Å². The summed E-state index contributed by atoms with van der Waals surface area (Å²) in [6.45, 7) is 2.82. The fraction of sp³-hybridized carbons (Fsp3) is 0.421. The molecule has 2 aromatic rings. The van der Waals surface area contributed by atoms with Crippen molar-refractivity contribution in [3.8, 4) is 0 Å². The number of hydrogen-bond acceptors (Lipinski definition) is 3. The molecule has 0 saturated carbocycles. The van der Waals surface area contributed by atoms with Crippen LogP contribution in [-0.4, -0.2) is 36.1 Å². The Balaban J connectivity index is 1.62. The molecular formula is C19H24N2O. The SMILES string of the molecule is CN1CC[C@H](OCc2ccccn2)[C@@H](Cc2ccccc2)C1. The van der Waals surface area contributed by atoms with Crippen LogP contribution in [0.25, 0.3) is 0 Å². The third-order valence-corrected chi connectivity index (χ3v) is 4.38. The first-order valence-corrected chi connectivity index (χ1v) is 8.05. The molecule has 3 nitrogen and oxygen atoms in total. The number of likely N-dealkylation sites (tertiary alicyclic amines) is 1. The van der Waals surface area contributed by atoms with Crippen LogP contribution in [0.1, 0.15) is 17.7 Å². The van der Waals surface area contributed by atoms with Crippen LogP contribution >= 0.6 is 0 Å². The van der Waals surface area contributed by atoms with E-state index in [1.54, 1.807) is 0 Å². The quantitative estimate of drug-likeness (QED) is 0.847. The molecule has 3 rings (SSSR count). The summed E-state index contributed by atoms with van der Waals surface area (Å²) < 4.78 is 6.21. The zero-order valence-electron chi connectivity index (χ0n) is 13.2. The predicted molar refractivity (Wildman–Crippen MR) is 88.6 cm³/mol. The van der Waals surface area contributed by atoms with Crippen molar-refractivity contribution < 1.29 is 4.74 Å². The van der Waals surface area contributed by atoms with Crippen LogP contribution in [0.15, 0.2) is 54.7 Å². The lowest BCUT2D eigenvalue weighted by Gasteiger charge is -2.36. The minimum Gasteiger partial charge on any atom is -0.372 e. The second kappa shape index (κ2) is 7.52.